The first-order valence-electron chi connectivity index (χ1n) is 15.5. The van der Waals surface area contributed by atoms with Crippen molar-refractivity contribution in [3.8, 4) is 0 Å². The van der Waals surface area contributed by atoms with Gasteiger partial charge in [-0.25, -0.2) is 9.59 Å². The lowest BCUT2D eigenvalue weighted by molar-refractivity contribution is -0.141. The van der Waals surface area contributed by atoms with E-state index >= 15 is 0 Å². The molecule has 44 heavy (non-hydrogen) atoms. The summed E-state index contributed by atoms with van der Waals surface area (Å²) >= 11 is 0. The molecule has 1 aromatic heterocycles. The third-order valence-electron chi connectivity index (χ3n) is 8.40. The van der Waals surface area contributed by atoms with E-state index in [9.17, 15) is 19.2 Å². The van der Waals surface area contributed by atoms with Gasteiger partial charge in [0.05, 0.1) is 24.2 Å². The van der Waals surface area contributed by atoms with Crippen LogP contribution in [-0.4, -0.2) is 69.2 Å². The van der Waals surface area contributed by atoms with Crippen molar-refractivity contribution >= 4 is 28.9 Å². The van der Waals surface area contributed by atoms with Gasteiger partial charge in [0.1, 0.15) is 17.2 Å². The number of nitrogens with one attached hydrogen (secondary N) is 3. The van der Waals surface area contributed by atoms with Crippen molar-refractivity contribution in [3.05, 3.63) is 70.6 Å². The molecule has 2 aromatic carbocycles. The lowest BCUT2D eigenvalue weighted by Crippen LogP contribution is -2.62. The molecule has 1 aliphatic carbocycles. The van der Waals surface area contributed by atoms with E-state index in [0.717, 1.165) is 29.4 Å². The van der Waals surface area contributed by atoms with Crippen molar-refractivity contribution in [2.45, 2.75) is 89.1 Å². The second-order valence-corrected chi connectivity index (χ2v) is 12.8. The Kier molecular flexibility index (Phi) is 9.43. The summed E-state index contributed by atoms with van der Waals surface area (Å²) in [5.74, 6) is -0.663. The Labute approximate surface area is 257 Å². The number of likely N-dealkylation sites (tertiary alicyclic amines) is 1. The minimum Gasteiger partial charge on any atom is -0.444 e. The number of carbonyl (C=O) groups is 3. The van der Waals surface area contributed by atoms with Crippen molar-refractivity contribution < 1.29 is 23.9 Å². The van der Waals surface area contributed by atoms with Gasteiger partial charge in [-0.3, -0.25) is 14.2 Å². The van der Waals surface area contributed by atoms with Crippen LogP contribution in [0.1, 0.15) is 70.9 Å². The molecule has 1 unspecified atom stereocenters. The number of aromatic nitrogens is 2. The fourth-order valence-corrected chi connectivity index (χ4v) is 6.23. The van der Waals surface area contributed by atoms with Crippen LogP contribution in [0.4, 0.5) is 4.79 Å². The topological polar surface area (TPSA) is 135 Å². The Morgan fingerprint density at radius 1 is 1.00 bits per heavy atom. The van der Waals surface area contributed by atoms with Gasteiger partial charge in [0.2, 0.25) is 11.8 Å². The lowest BCUT2D eigenvalue weighted by Gasteiger charge is -2.36. The third-order valence-corrected chi connectivity index (χ3v) is 8.40. The number of hydrogen-bond donors (Lipinski definition) is 3. The molecule has 2 heterocycles. The van der Waals surface area contributed by atoms with Crippen LogP contribution in [-0.2, 0) is 25.7 Å². The number of carbonyl (C=O) groups excluding carboxylic acids is 3. The lowest BCUT2D eigenvalue weighted by atomic mass is 9.95. The van der Waals surface area contributed by atoms with E-state index in [1.807, 2.05) is 54.6 Å². The number of aromatic amines is 1. The van der Waals surface area contributed by atoms with Gasteiger partial charge in [0, 0.05) is 19.1 Å². The molecular formula is C33H43N5O6. The summed E-state index contributed by atoms with van der Waals surface area (Å²) in [6, 6.07) is 16.2. The van der Waals surface area contributed by atoms with Crippen molar-refractivity contribution in [2.24, 2.45) is 0 Å². The molecular weight excluding hydrogens is 562 g/mol. The van der Waals surface area contributed by atoms with Crippen LogP contribution in [0.25, 0.3) is 11.0 Å². The maximum Gasteiger partial charge on any atom is 0.408 e. The maximum atomic E-state index is 13.9. The number of benzene rings is 2. The average Bonchev–Trinajstić information content (AvgIpc) is 3.60. The van der Waals surface area contributed by atoms with E-state index in [2.05, 4.69) is 15.6 Å². The Bertz CT molecular complexity index is 1510. The summed E-state index contributed by atoms with van der Waals surface area (Å²) in [5.41, 5.74) is 0.553. The number of amides is 3. The zero-order chi connectivity index (χ0) is 31.3. The Morgan fingerprint density at radius 3 is 2.34 bits per heavy atom. The number of para-hydroxylation sites is 2. The number of alkyl carbamates (subject to hydrolysis) is 1. The summed E-state index contributed by atoms with van der Waals surface area (Å²) < 4.78 is 13.2. The van der Waals surface area contributed by atoms with Gasteiger partial charge in [0.15, 0.2) is 0 Å². The average molecular weight is 606 g/mol. The van der Waals surface area contributed by atoms with Gasteiger partial charge in [-0.05, 0) is 64.2 Å². The van der Waals surface area contributed by atoms with Crippen LogP contribution < -0.4 is 16.3 Å². The molecule has 0 bridgehead atoms. The zero-order valence-electron chi connectivity index (χ0n) is 25.8. The van der Waals surface area contributed by atoms with Crippen LogP contribution in [0.5, 0.6) is 0 Å². The summed E-state index contributed by atoms with van der Waals surface area (Å²) in [4.78, 5) is 57.9. The Morgan fingerprint density at radius 2 is 1.66 bits per heavy atom. The number of imidazole rings is 1. The number of piperidine rings is 1. The van der Waals surface area contributed by atoms with E-state index in [1.165, 1.54) is 0 Å². The van der Waals surface area contributed by atoms with E-state index in [1.54, 1.807) is 30.2 Å². The number of nitrogens with zero attached hydrogens (tertiary/aromatic N) is 2. The number of H-pyrrole nitrogens is 1. The first-order chi connectivity index (χ1) is 21.0. The van der Waals surface area contributed by atoms with Gasteiger partial charge in [-0.2, -0.15) is 0 Å². The molecule has 1 aliphatic heterocycles. The highest BCUT2D eigenvalue weighted by molar-refractivity contribution is 5.94. The molecule has 3 amide bonds. The third kappa shape index (κ3) is 7.32. The molecule has 0 spiro atoms. The van der Waals surface area contributed by atoms with Gasteiger partial charge >= 0.3 is 11.8 Å². The zero-order valence-corrected chi connectivity index (χ0v) is 25.8. The fraction of sp³-hybridized carbons (Fsp3) is 0.515. The number of rotatable bonds is 9. The van der Waals surface area contributed by atoms with Gasteiger partial charge < -0.3 is 30.0 Å². The molecule has 0 radical (unpaired) electrons. The van der Waals surface area contributed by atoms with Crippen molar-refractivity contribution in [1.29, 1.82) is 0 Å². The van der Waals surface area contributed by atoms with Crippen LogP contribution in [0, 0.1) is 0 Å². The largest absolute Gasteiger partial charge is 0.444 e. The van der Waals surface area contributed by atoms with Crippen LogP contribution in [0.2, 0.25) is 0 Å². The fourth-order valence-electron chi connectivity index (χ4n) is 6.23. The molecule has 3 N–H and O–H groups in total. The maximum absolute atomic E-state index is 13.9. The molecule has 3 aromatic rings. The van der Waals surface area contributed by atoms with E-state index in [0.29, 0.717) is 38.8 Å². The summed E-state index contributed by atoms with van der Waals surface area (Å²) in [5, 5.41) is 5.76. The monoisotopic (exact) mass is 605 g/mol. The predicted molar refractivity (Wildman–Crippen MR) is 166 cm³/mol. The highest BCUT2D eigenvalue weighted by Gasteiger charge is 2.45. The second kappa shape index (κ2) is 13.3. The van der Waals surface area contributed by atoms with Crippen LogP contribution >= 0.6 is 0 Å². The van der Waals surface area contributed by atoms with Crippen molar-refractivity contribution in [2.75, 3.05) is 19.7 Å². The highest BCUT2D eigenvalue weighted by atomic mass is 16.6. The van der Waals surface area contributed by atoms with Gasteiger partial charge in [-0.15, -0.1) is 0 Å². The molecule has 1 atom stereocenters. The normalized spacial score (nSPS) is 17.8. The summed E-state index contributed by atoms with van der Waals surface area (Å²) in [7, 11) is 0. The molecule has 1 saturated heterocycles. The molecule has 2 aliphatic rings. The van der Waals surface area contributed by atoms with E-state index in [4.69, 9.17) is 9.47 Å². The molecule has 2 fully saturated rings. The first kappa shape index (κ1) is 31.3. The van der Waals surface area contributed by atoms with E-state index < -0.39 is 29.2 Å². The molecule has 236 valence electrons. The van der Waals surface area contributed by atoms with E-state index in [-0.39, 0.29) is 30.9 Å². The summed E-state index contributed by atoms with van der Waals surface area (Å²) in [6.07, 6.45) is 2.99. The predicted octanol–water partition coefficient (Wildman–Crippen LogP) is 4.03. The minimum atomic E-state index is -1.16. The molecule has 11 heteroatoms. The number of hydrogen-bond acceptors (Lipinski definition) is 6. The highest BCUT2D eigenvalue weighted by Crippen LogP contribution is 2.31. The molecule has 5 rings (SSSR count). The minimum absolute atomic E-state index is 0.0240. The van der Waals surface area contributed by atoms with Crippen molar-refractivity contribution in [3.63, 3.8) is 0 Å². The summed E-state index contributed by atoms with van der Waals surface area (Å²) in [6.45, 7) is 6.43. The number of ether oxygens (including phenoxy) is 2. The Balaban J connectivity index is 1.29. The smallest absolute Gasteiger partial charge is 0.408 e. The molecule has 1 saturated carbocycles. The van der Waals surface area contributed by atoms with Crippen molar-refractivity contribution in [1.82, 2.24) is 25.1 Å². The van der Waals surface area contributed by atoms with Gasteiger partial charge in [-0.1, -0.05) is 55.3 Å². The standard InChI is InChI=1S/C33H43N5O6/c1-32(2,3)44-31(42)36-33(17-9-10-18-33)29(40)34-26(22-43-21-23-11-5-4-6-12-23)28(39)37-19-15-24(16-20-37)38-27-14-8-7-13-25(27)35-30(38)41/h4-8,11-14,24,26H,9-10,15-22H2,1-3H3,(H,34,40)(H,35,41)(H,36,42). The SMILES string of the molecule is CC(C)(C)OC(=O)NC1(C(=O)NC(COCc2ccccc2)C(=O)N2CCC(n3c(=O)[nH]c4ccccc43)CC2)CCCC1. The quantitative estimate of drug-likeness (QED) is 0.337. The number of fused-ring (bicyclic) bond motifs is 1. The second-order valence-electron chi connectivity index (χ2n) is 12.8. The molecule has 11 nitrogen and oxygen atoms in total. The van der Waals surface area contributed by atoms with Gasteiger partial charge in [0.25, 0.3) is 0 Å². The van der Waals surface area contributed by atoms with Crippen LogP contribution in [0.3, 0.4) is 0 Å². The first-order valence-corrected chi connectivity index (χ1v) is 15.5. The van der Waals surface area contributed by atoms with Crippen LogP contribution in [0.15, 0.2) is 59.4 Å². The Hall–Kier alpha value is -4.12.